The van der Waals surface area contributed by atoms with Gasteiger partial charge in [-0.1, -0.05) is 6.07 Å². The van der Waals surface area contributed by atoms with E-state index in [2.05, 4.69) is 5.32 Å². The number of amides is 1. The van der Waals surface area contributed by atoms with Gasteiger partial charge in [0.05, 0.1) is 6.26 Å². The third-order valence-corrected chi connectivity index (χ3v) is 4.02. The average molecular weight is 333 g/mol. The molecule has 1 saturated heterocycles. The Morgan fingerprint density at radius 3 is 2.52 bits per heavy atom. The smallest absolute Gasteiger partial charge is 0.289 e. The van der Waals surface area contributed by atoms with E-state index in [-0.39, 0.29) is 11.7 Å². The standard InChI is InChI=1S/C16H16FN3O2S/c17-12-3-1-4-13(11-12)18-16(23)20-8-6-19(7-9-20)15(21)14-5-2-10-22-14/h1-5,10-11H,6-9H2,(H,18,23). The second-order valence-corrected chi connectivity index (χ2v) is 5.58. The van der Waals surface area contributed by atoms with Crippen molar-refractivity contribution in [1.29, 1.82) is 0 Å². The monoisotopic (exact) mass is 333 g/mol. The Hall–Kier alpha value is -2.41. The van der Waals surface area contributed by atoms with Gasteiger partial charge in [-0.2, -0.15) is 0 Å². The van der Waals surface area contributed by atoms with E-state index in [0.717, 1.165) is 0 Å². The van der Waals surface area contributed by atoms with Gasteiger partial charge in [-0.15, -0.1) is 0 Å². The second-order valence-electron chi connectivity index (χ2n) is 5.20. The lowest BCUT2D eigenvalue weighted by Gasteiger charge is -2.35. The number of hydrogen-bond acceptors (Lipinski definition) is 3. The third-order valence-electron chi connectivity index (χ3n) is 3.66. The van der Waals surface area contributed by atoms with Crippen molar-refractivity contribution in [3.05, 3.63) is 54.2 Å². The van der Waals surface area contributed by atoms with Crippen molar-refractivity contribution < 1.29 is 13.6 Å². The molecule has 5 nitrogen and oxygen atoms in total. The second kappa shape index (κ2) is 6.78. The van der Waals surface area contributed by atoms with E-state index in [1.807, 2.05) is 4.90 Å². The first-order valence-electron chi connectivity index (χ1n) is 7.28. The number of benzene rings is 1. The molecule has 7 heteroatoms. The molecule has 0 unspecified atom stereocenters. The fourth-order valence-electron chi connectivity index (χ4n) is 2.44. The zero-order valence-corrected chi connectivity index (χ0v) is 13.2. The number of carbonyl (C=O) groups is 1. The van der Waals surface area contributed by atoms with Crippen molar-refractivity contribution >= 4 is 28.9 Å². The fraction of sp³-hybridized carbons (Fsp3) is 0.250. The Kier molecular flexibility index (Phi) is 4.57. The van der Waals surface area contributed by atoms with Crippen LogP contribution in [-0.4, -0.2) is 47.0 Å². The molecule has 0 spiro atoms. The van der Waals surface area contributed by atoms with Crippen molar-refractivity contribution in [1.82, 2.24) is 9.80 Å². The van der Waals surface area contributed by atoms with Crippen LogP contribution < -0.4 is 5.32 Å². The molecular weight excluding hydrogens is 317 g/mol. The van der Waals surface area contributed by atoms with Gasteiger partial charge >= 0.3 is 0 Å². The predicted molar refractivity (Wildman–Crippen MR) is 88.8 cm³/mol. The largest absolute Gasteiger partial charge is 0.459 e. The number of thiocarbonyl (C=S) groups is 1. The SMILES string of the molecule is O=C(c1ccco1)N1CCN(C(=S)Nc2cccc(F)c2)CC1. The van der Waals surface area contributed by atoms with E-state index in [9.17, 15) is 9.18 Å². The Balaban J connectivity index is 1.54. The molecule has 0 bridgehead atoms. The lowest BCUT2D eigenvalue weighted by Crippen LogP contribution is -2.51. The molecule has 0 atom stereocenters. The Morgan fingerprint density at radius 2 is 1.87 bits per heavy atom. The zero-order chi connectivity index (χ0) is 16.2. The summed E-state index contributed by atoms with van der Waals surface area (Å²) in [7, 11) is 0. The number of furan rings is 1. The minimum atomic E-state index is -0.313. The van der Waals surface area contributed by atoms with Crippen LogP contribution in [0.3, 0.4) is 0 Å². The van der Waals surface area contributed by atoms with Crippen LogP contribution in [0.1, 0.15) is 10.6 Å². The van der Waals surface area contributed by atoms with E-state index in [0.29, 0.717) is 42.7 Å². The molecule has 2 aromatic rings. The highest BCUT2D eigenvalue weighted by Gasteiger charge is 2.24. The number of anilines is 1. The van der Waals surface area contributed by atoms with E-state index >= 15 is 0 Å². The van der Waals surface area contributed by atoms with Crippen LogP contribution in [0, 0.1) is 5.82 Å². The lowest BCUT2D eigenvalue weighted by atomic mass is 10.3. The van der Waals surface area contributed by atoms with Crippen molar-refractivity contribution in [2.24, 2.45) is 0 Å². The number of nitrogens with one attached hydrogen (secondary N) is 1. The summed E-state index contributed by atoms with van der Waals surface area (Å²) in [5.41, 5.74) is 0.615. The van der Waals surface area contributed by atoms with Gasteiger partial charge in [0.2, 0.25) is 0 Å². The van der Waals surface area contributed by atoms with Crippen LogP contribution in [0.15, 0.2) is 47.1 Å². The topological polar surface area (TPSA) is 48.7 Å². The van der Waals surface area contributed by atoms with Crippen LogP contribution >= 0.6 is 12.2 Å². The molecular formula is C16H16FN3O2S. The highest BCUT2D eigenvalue weighted by atomic mass is 32.1. The minimum absolute atomic E-state index is 0.112. The van der Waals surface area contributed by atoms with Crippen molar-refractivity contribution in [3.63, 3.8) is 0 Å². The molecule has 0 saturated carbocycles. The number of piperazine rings is 1. The molecule has 1 aromatic carbocycles. The van der Waals surface area contributed by atoms with Gasteiger partial charge in [0.1, 0.15) is 5.82 Å². The molecule has 3 rings (SSSR count). The van der Waals surface area contributed by atoms with Gasteiger partial charge in [0, 0.05) is 31.9 Å². The fourth-order valence-corrected chi connectivity index (χ4v) is 2.74. The van der Waals surface area contributed by atoms with Crippen LogP contribution in [0.25, 0.3) is 0 Å². The van der Waals surface area contributed by atoms with Gasteiger partial charge < -0.3 is 19.5 Å². The van der Waals surface area contributed by atoms with Crippen LogP contribution in [0.4, 0.5) is 10.1 Å². The van der Waals surface area contributed by atoms with Crippen molar-refractivity contribution in [3.8, 4) is 0 Å². The van der Waals surface area contributed by atoms with Crippen molar-refractivity contribution in [2.75, 3.05) is 31.5 Å². The third kappa shape index (κ3) is 3.68. The average Bonchev–Trinajstić information content (AvgIpc) is 3.09. The molecule has 120 valence electrons. The summed E-state index contributed by atoms with van der Waals surface area (Å²) in [6.45, 7) is 2.36. The zero-order valence-electron chi connectivity index (χ0n) is 12.4. The van der Waals surface area contributed by atoms with Gasteiger partial charge in [-0.25, -0.2) is 4.39 Å². The number of carbonyl (C=O) groups excluding carboxylic acids is 1. The quantitative estimate of drug-likeness (QED) is 0.856. The molecule has 1 amide bonds. The molecule has 1 aliphatic rings. The van der Waals surface area contributed by atoms with Crippen LogP contribution in [-0.2, 0) is 0 Å². The Labute approximate surface area is 138 Å². The minimum Gasteiger partial charge on any atom is -0.459 e. The first-order chi connectivity index (χ1) is 11.1. The lowest BCUT2D eigenvalue weighted by molar-refractivity contribution is 0.0661. The maximum absolute atomic E-state index is 13.2. The summed E-state index contributed by atoms with van der Waals surface area (Å²) in [4.78, 5) is 15.9. The van der Waals surface area contributed by atoms with Crippen molar-refractivity contribution in [2.45, 2.75) is 0 Å². The van der Waals surface area contributed by atoms with Crippen LogP contribution in [0.2, 0.25) is 0 Å². The van der Waals surface area contributed by atoms with Gasteiger partial charge in [-0.3, -0.25) is 4.79 Å². The number of nitrogens with zero attached hydrogens (tertiary/aromatic N) is 2. The van der Waals surface area contributed by atoms with E-state index in [4.69, 9.17) is 16.6 Å². The van der Waals surface area contributed by atoms with Crippen LogP contribution in [0.5, 0.6) is 0 Å². The van der Waals surface area contributed by atoms with Gasteiger partial charge in [0.25, 0.3) is 5.91 Å². The van der Waals surface area contributed by atoms with Gasteiger partial charge in [-0.05, 0) is 42.5 Å². The first kappa shape index (κ1) is 15.5. The number of halogens is 1. The van der Waals surface area contributed by atoms with E-state index in [1.54, 1.807) is 29.2 Å². The Bertz CT molecular complexity index is 697. The molecule has 0 radical (unpaired) electrons. The highest BCUT2D eigenvalue weighted by molar-refractivity contribution is 7.80. The van der Waals surface area contributed by atoms with Gasteiger partial charge in [0.15, 0.2) is 10.9 Å². The molecule has 1 aliphatic heterocycles. The summed E-state index contributed by atoms with van der Waals surface area (Å²) < 4.78 is 18.3. The summed E-state index contributed by atoms with van der Waals surface area (Å²) in [5.74, 6) is -0.0794. The molecule has 1 fully saturated rings. The Morgan fingerprint density at radius 1 is 1.13 bits per heavy atom. The molecule has 23 heavy (non-hydrogen) atoms. The number of rotatable bonds is 2. The molecule has 1 aromatic heterocycles. The summed E-state index contributed by atoms with van der Waals surface area (Å²) in [6, 6.07) is 9.51. The van der Waals surface area contributed by atoms with E-state index in [1.165, 1.54) is 18.4 Å². The number of hydrogen-bond donors (Lipinski definition) is 1. The maximum Gasteiger partial charge on any atom is 0.289 e. The predicted octanol–water partition coefficient (Wildman–Crippen LogP) is 2.57. The molecule has 0 aliphatic carbocycles. The first-order valence-corrected chi connectivity index (χ1v) is 7.68. The summed E-state index contributed by atoms with van der Waals surface area (Å²) >= 11 is 5.35. The van der Waals surface area contributed by atoms with E-state index < -0.39 is 0 Å². The molecule has 1 N–H and O–H groups in total. The summed E-state index contributed by atoms with van der Waals surface area (Å²) in [5, 5.41) is 3.55. The normalized spacial score (nSPS) is 14.7. The highest BCUT2D eigenvalue weighted by Crippen LogP contribution is 2.13. The maximum atomic E-state index is 13.2. The summed E-state index contributed by atoms with van der Waals surface area (Å²) in [6.07, 6.45) is 1.49. The molecule has 2 heterocycles.